The standard InChI is InChI=1S/C11H9ClN2O3.C2H4/c1-14-9(16)3-2-8-10(14)11(17-5-4-15)7(12)6-13-8;1-2/h2-4,6H,5H2,1H3;1-2H2. The number of ether oxygens (including phenoxy) is 1. The van der Waals surface area contributed by atoms with Crippen LogP contribution in [0, 0.1) is 0 Å². The van der Waals surface area contributed by atoms with Crippen LogP contribution >= 0.6 is 11.6 Å². The van der Waals surface area contributed by atoms with Crippen LogP contribution in [0.4, 0.5) is 0 Å². The largest absolute Gasteiger partial charge is 0.482 e. The van der Waals surface area contributed by atoms with Crippen LogP contribution in [-0.2, 0) is 11.8 Å². The van der Waals surface area contributed by atoms with Gasteiger partial charge in [0.2, 0.25) is 0 Å². The van der Waals surface area contributed by atoms with Crippen molar-refractivity contribution < 1.29 is 9.53 Å². The van der Waals surface area contributed by atoms with E-state index in [1.54, 1.807) is 13.1 Å². The molecule has 6 heteroatoms. The molecule has 0 aromatic carbocycles. The van der Waals surface area contributed by atoms with Gasteiger partial charge in [-0.3, -0.25) is 14.6 Å². The first-order valence-corrected chi connectivity index (χ1v) is 5.73. The van der Waals surface area contributed by atoms with Crippen LogP contribution in [0.2, 0.25) is 5.02 Å². The highest BCUT2D eigenvalue weighted by molar-refractivity contribution is 6.32. The Hall–Kier alpha value is -2.14. The molecule has 0 aliphatic heterocycles. The van der Waals surface area contributed by atoms with Crippen molar-refractivity contribution in [1.29, 1.82) is 0 Å². The second-order valence-electron chi connectivity index (χ2n) is 3.38. The van der Waals surface area contributed by atoms with E-state index in [1.165, 1.54) is 16.8 Å². The Kier molecular flexibility index (Phi) is 5.26. The molecule has 0 atom stereocenters. The zero-order valence-electron chi connectivity index (χ0n) is 10.4. The minimum atomic E-state index is -0.197. The fraction of sp³-hybridized carbons (Fsp3) is 0.154. The molecule has 2 heterocycles. The van der Waals surface area contributed by atoms with Crippen molar-refractivity contribution >= 4 is 28.9 Å². The fourth-order valence-electron chi connectivity index (χ4n) is 1.55. The molecule has 0 aliphatic carbocycles. The van der Waals surface area contributed by atoms with Crippen LogP contribution in [-0.4, -0.2) is 22.4 Å². The second-order valence-corrected chi connectivity index (χ2v) is 3.78. The SMILES string of the molecule is C=C.Cn1c(=O)ccc2ncc(Cl)c(OCC=O)c21. The number of carbonyl (C=O) groups is 1. The van der Waals surface area contributed by atoms with Gasteiger partial charge in [-0.15, -0.1) is 13.2 Å². The van der Waals surface area contributed by atoms with Crippen molar-refractivity contribution in [3.63, 3.8) is 0 Å². The van der Waals surface area contributed by atoms with Gasteiger partial charge in [-0.25, -0.2) is 0 Å². The predicted molar refractivity (Wildman–Crippen MR) is 74.8 cm³/mol. The van der Waals surface area contributed by atoms with Crippen LogP contribution in [0.1, 0.15) is 0 Å². The number of carbonyl (C=O) groups excluding carboxylic acids is 1. The summed E-state index contributed by atoms with van der Waals surface area (Å²) in [6.07, 6.45) is 2.04. The average Bonchev–Trinajstić information content (AvgIpc) is 2.44. The summed E-state index contributed by atoms with van der Waals surface area (Å²) in [7, 11) is 1.59. The van der Waals surface area contributed by atoms with Gasteiger partial charge in [0.1, 0.15) is 17.1 Å². The minimum Gasteiger partial charge on any atom is -0.482 e. The third-order valence-electron chi connectivity index (χ3n) is 2.34. The highest BCUT2D eigenvalue weighted by Gasteiger charge is 2.12. The molecular formula is C13H13ClN2O3. The smallest absolute Gasteiger partial charge is 0.250 e. The summed E-state index contributed by atoms with van der Waals surface area (Å²) in [6.45, 7) is 5.88. The first kappa shape index (κ1) is 14.9. The van der Waals surface area contributed by atoms with Crippen molar-refractivity contribution in [3.8, 4) is 5.75 Å². The molecule has 0 spiro atoms. The van der Waals surface area contributed by atoms with Crippen LogP contribution < -0.4 is 10.3 Å². The summed E-state index contributed by atoms with van der Waals surface area (Å²) in [6, 6.07) is 2.99. The van der Waals surface area contributed by atoms with Gasteiger partial charge in [0, 0.05) is 13.1 Å². The summed E-state index contributed by atoms with van der Waals surface area (Å²) >= 11 is 5.94. The van der Waals surface area contributed by atoms with Crippen LogP contribution in [0.25, 0.3) is 11.0 Å². The van der Waals surface area contributed by atoms with Gasteiger partial charge >= 0.3 is 0 Å². The molecule has 0 unspecified atom stereocenters. The summed E-state index contributed by atoms with van der Waals surface area (Å²) in [5, 5.41) is 0.264. The van der Waals surface area contributed by atoms with E-state index in [0.717, 1.165) is 0 Å². The lowest BCUT2D eigenvalue weighted by Crippen LogP contribution is -2.16. The lowest BCUT2D eigenvalue weighted by Gasteiger charge is -2.11. The molecule has 0 N–H and O–H groups in total. The number of hydrogen-bond acceptors (Lipinski definition) is 4. The van der Waals surface area contributed by atoms with Crippen molar-refractivity contribution in [2.75, 3.05) is 6.61 Å². The maximum atomic E-state index is 11.5. The molecule has 2 aromatic rings. The number of pyridine rings is 2. The maximum absolute atomic E-state index is 11.5. The monoisotopic (exact) mass is 280 g/mol. The molecule has 0 aliphatic rings. The Bertz CT molecular complexity index is 652. The Morgan fingerprint density at radius 1 is 1.47 bits per heavy atom. The fourth-order valence-corrected chi connectivity index (χ4v) is 1.74. The zero-order chi connectivity index (χ0) is 14.4. The summed E-state index contributed by atoms with van der Waals surface area (Å²) < 4.78 is 6.62. The van der Waals surface area contributed by atoms with E-state index in [4.69, 9.17) is 16.3 Å². The number of aryl methyl sites for hydroxylation is 1. The Balaban J connectivity index is 0.000000861. The van der Waals surface area contributed by atoms with E-state index in [1.807, 2.05) is 0 Å². The van der Waals surface area contributed by atoms with Crippen molar-refractivity contribution in [1.82, 2.24) is 9.55 Å². The summed E-state index contributed by atoms with van der Waals surface area (Å²) in [5.74, 6) is 0.295. The normalized spacial score (nSPS) is 9.58. The molecule has 2 rings (SSSR count). The molecule has 100 valence electrons. The highest BCUT2D eigenvalue weighted by Crippen LogP contribution is 2.30. The minimum absolute atomic E-state index is 0.123. The maximum Gasteiger partial charge on any atom is 0.250 e. The lowest BCUT2D eigenvalue weighted by atomic mass is 10.3. The van der Waals surface area contributed by atoms with Gasteiger partial charge < -0.3 is 9.30 Å². The summed E-state index contributed by atoms with van der Waals surface area (Å²) in [4.78, 5) is 26.0. The van der Waals surface area contributed by atoms with E-state index in [-0.39, 0.29) is 17.2 Å². The molecule has 0 saturated carbocycles. The molecule has 0 fully saturated rings. The van der Waals surface area contributed by atoms with Crippen LogP contribution in [0.3, 0.4) is 0 Å². The Morgan fingerprint density at radius 2 is 2.16 bits per heavy atom. The van der Waals surface area contributed by atoms with Crippen molar-refractivity contribution in [2.24, 2.45) is 7.05 Å². The Morgan fingerprint density at radius 3 is 2.79 bits per heavy atom. The van der Waals surface area contributed by atoms with E-state index in [0.29, 0.717) is 23.1 Å². The molecular weight excluding hydrogens is 268 g/mol. The molecule has 19 heavy (non-hydrogen) atoms. The number of aromatic nitrogens is 2. The predicted octanol–water partition coefficient (Wildman–Crippen LogP) is 1.97. The quantitative estimate of drug-likeness (QED) is 0.637. The number of nitrogens with zero attached hydrogens (tertiary/aromatic N) is 2. The van der Waals surface area contributed by atoms with Gasteiger partial charge in [-0.1, -0.05) is 11.6 Å². The molecule has 0 amide bonds. The third-order valence-corrected chi connectivity index (χ3v) is 2.61. The van der Waals surface area contributed by atoms with Gasteiger partial charge in [-0.05, 0) is 6.07 Å². The molecule has 2 aromatic heterocycles. The average molecular weight is 281 g/mol. The van der Waals surface area contributed by atoms with Crippen LogP contribution in [0.15, 0.2) is 36.3 Å². The van der Waals surface area contributed by atoms with E-state index in [2.05, 4.69) is 18.1 Å². The van der Waals surface area contributed by atoms with E-state index < -0.39 is 0 Å². The number of halogens is 1. The van der Waals surface area contributed by atoms with Gasteiger partial charge in [-0.2, -0.15) is 0 Å². The highest BCUT2D eigenvalue weighted by atomic mass is 35.5. The van der Waals surface area contributed by atoms with Gasteiger partial charge in [0.25, 0.3) is 5.56 Å². The zero-order valence-corrected chi connectivity index (χ0v) is 11.2. The molecule has 0 radical (unpaired) electrons. The third kappa shape index (κ3) is 3.00. The lowest BCUT2D eigenvalue weighted by molar-refractivity contribution is -0.109. The topological polar surface area (TPSA) is 61.2 Å². The second kappa shape index (κ2) is 6.70. The number of fused-ring (bicyclic) bond motifs is 1. The number of aldehydes is 1. The summed E-state index contributed by atoms with van der Waals surface area (Å²) in [5.41, 5.74) is 0.863. The van der Waals surface area contributed by atoms with E-state index in [9.17, 15) is 9.59 Å². The molecule has 0 bridgehead atoms. The van der Waals surface area contributed by atoms with E-state index >= 15 is 0 Å². The van der Waals surface area contributed by atoms with Gasteiger partial charge in [0.15, 0.2) is 12.0 Å². The number of rotatable bonds is 3. The van der Waals surface area contributed by atoms with Gasteiger partial charge in [0.05, 0.1) is 11.7 Å². The van der Waals surface area contributed by atoms with Crippen molar-refractivity contribution in [3.05, 3.63) is 46.9 Å². The molecule has 0 saturated heterocycles. The van der Waals surface area contributed by atoms with Crippen LogP contribution in [0.5, 0.6) is 5.75 Å². The number of hydrogen-bond donors (Lipinski definition) is 0. The first-order valence-electron chi connectivity index (χ1n) is 5.36. The first-order chi connectivity index (χ1) is 9.15. The van der Waals surface area contributed by atoms with Crippen molar-refractivity contribution in [2.45, 2.75) is 0 Å². The Labute approximate surface area is 115 Å². The molecule has 5 nitrogen and oxygen atoms in total.